The Hall–Kier alpha value is -2.82. The fraction of sp³-hybridized carbons (Fsp3) is 0.222. The van der Waals surface area contributed by atoms with E-state index in [1.807, 2.05) is 24.3 Å². The summed E-state index contributed by atoms with van der Waals surface area (Å²) < 4.78 is 10.8. The number of aldehydes is 1. The topological polar surface area (TPSA) is 64.6 Å². The minimum atomic E-state index is -0.674. The predicted molar refractivity (Wildman–Crippen MR) is 86.8 cm³/mol. The second-order valence-corrected chi connectivity index (χ2v) is 4.98. The van der Waals surface area contributed by atoms with Crippen molar-refractivity contribution in [3.05, 3.63) is 59.7 Å². The van der Waals surface area contributed by atoms with Crippen LogP contribution in [0.5, 0.6) is 11.5 Å². The summed E-state index contributed by atoms with van der Waals surface area (Å²) in [6.07, 6.45) is 0.0610. The van der Waals surface area contributed by atoms with E-state index in [1.165, 1.54) is 0 Å². The highest BCUT2D eigenvalue weighted by molar-refractivity contribution is 5.81. The molecule has 1 unspecified atom stereocenters. The van der Waals surface area contributed by atoms with Crippen molar-refractivity contribution in [1.82, 2.24) is 5.32 Å². The van der Waals surface area contributed by atoms with Crippen LogP contribution in [0.25, 0.3) is 0 Å². The number of ether oxygens (including phenoxy) is 2. The summed E-state index contributed by atoms with van der Waals surface area (Å²) in [4.78, 5) is 22.9. The summed E-state index contributed by atoms with van der Waals surface area (Å²) in [6, 6.07) is 14.2. The first-order valence-electron chi connectivity index (χ1n) is 7.25. The summed E-state index contributed by atoms with van der Waals surface area (Å²) >= 11 is 0. The molecule has 0 heterocycles. The molecule has 2 rings (SSSR count). The number of hydrogen-bond donors (Lipinski definition) is 1. The molecule has 0 spiro atoms. The van der Waals surface area contributed by atoms with Gasteiger partial charge < -0.3 is 14.8 Å². The van der Waals surface area contributed by atoms with Crippen LogP contribution >= 0.6 is 0 Å². The highest BCUT2D eigenvalue weighted by Crippen LogP contribution is 2.17. The van der Waals surface area contributed by atoms with Gasteiger partial charge in [0.1, 0.15) is 17.8 Å². The molecule has 120 valence electrons. The molecule has 0 aromatic heterocycles. The van der Waals surface area contributed by atoms with E-state index >= 15 is 0 Å². The molecule has 1 atom stereocenters. The van der Waals surface area contributed by atoms with E-state index in [1.54, 1.807) is 38.3 Å². The van der Waals surface area contributed by atoms with Crippen LogP contribution in [-0.4, -0.2) is 25.4 Å². The zero-order valence-electron chi connectivity index (χ0n) is 13.1. The van der Waals surface area contributed by atoms with Crippen molar-refractivity contribution in [3.63, 3.8) is 0 Å². The Morgan fingerprint density at radius 1 is 1.22 bits per heavy atom. The first kappa shape index (κ1) is 16.5. The Morgan fingerprint density at radius 3 is 2.74 bits per heavy atom. The highest BCUT2D eigenvalue weighted by Gasteiger charge is 2.15. The number of rotatable bonds is 7. The number of hydrogen-bond acceptors (Lipinski definition) is 4. The minimum absolute atomic E-state index is 0.243. The molecule has 0 fully saturated rings. The lowest BCUT2D eigenvalue weighted by atomic mass is 10.2. The van der Waals surface area contributed by atoms with Gasteiger partial charge in [-0.25, -0.2) is 0 Å². The van der Waals surface area contributed by atoms with Crippen LogP contribution in [0.1, 0.15) is 22.8 Å². The maximum absolute atomic E-state index is 12.1. The molecule has 0 saturated carbocycles. The molecule has 0 aliphatic carbocycles. The molecule has 0 aliphatic heterocycles. The van der Waals surface area contributed by atoms with E-state index < -0.39 is 6.10 Å². The molecule has 0 bridgehead atoms. The van der Waals surface area contributed by atoms with Crippen molar-refractivity contribution in [2.45, 2.75) is 19.6 Å². The Labute approximate surface area is 135 Å². The lowest BCUT2D eigenvalue weighted by molar-refractivity contribution is -0.127. The first-order chi connectivity index (χ1) is 11.1. The minimum Gasteiger partial charge on any atom is -0.496 e. The van der Waals surface area contributed by atoms with Crippen LogP contribution in [0.2, 0.25) is 0 Å². The van der Waals surface area contributed by atoms with Crippen molar-refractivity contribution < 1.29 is 19.1 Å². The van der Waals surface area contributed by atoms with Gasteiger partial charge in [0.2, 0.25) is 0 Å². The van der Waals surface area contributed by atoms with Gasteiger partial charge in [0.15, 0.2) is 6.10 Å². The number of carbonyl (C=O) groups excluding carboxylic acids is 2. The summed E-state index contributed by atoms with van der Waals surface area (Å²) in [5.74, 6) is 0.960. The predicted octanol–water partition coefficient (Wildman–Crippen LogP) is 2.59. The van der Waals surface area contributed by atoms with E-state index in [2.05, 4.69) is 5.32 Å². The van der Waals surface area contributed by atoms with Crippen molar-refractivity contribution in [2.75, 3.05) is 7.11 Å². The van der Waals surface area contributed by atoms with Gasteiger partial charge in [-0.15, -0.1) is 0 Å². The monoisotopic (exact) mass is 313 g/mol. The van der Waals surface area contributed by atoms with E-state index in [-0.39, 0.29) is 5.91 Å². The van der Waals surface area contributed by atoms with Gasteiger partial charge in [0.05, 0.1) is 7.11 Å². The summed E-state index contributed by atoms with van der Waals surface area (Å²) in [6.45, 7) is 2.01. The number of methoxy groups -OCH3 is 1. The van der Waals surface area contributed by atoms with Crippen LogP contribution in [0.4, 0.5) is 0 Å². The van der Waals surface area contributed by atoms with Gasteiger partial charge >= 0.3 is 0 Å². The Bertz CT molecular complexity index is 684. The van der Waals surface area contributed by atoms with Crippen molar-refractivity contribution in [1.29, 1.82) is 0 Å². The maximum Gasteiger partial charge on any atom is 0.261 e. The fourth-order valence-corrected chi connectivity index (χ4v) is 2.09. The lowest BCUT2D eigenvalue weighted by Gasteiger charge is -2.15. The number of carbonyl (C=O) groups is 2. The van der Waals surface area contributed by atoms with Crippen LogP contribution in [-0.2, 0) is 11.3 Å². The lowest BCUT2D eigenvalue weighted by Crippen LogP contribution is -2.36. The number of benzene rings is 2. The normalized spacial score (nSPS) is 11.4. The van der Waals surface area contributed by atoms with E-state index in [4.69, 9.17) is 9.47 Å². The Kier molecular flexibility index (Phi) is 5.74. The standard InChI is InChI=1S/C18H19NO4/c1-13(23-16-8-5-6-14(10-16)12-20)18(21)19-11-15-7-3-4-9-17(15)22-2/h3-10,12-13H,11H2,1-2H3,(H,19,21). The first-order valence-corrected chi connectivity index (χ1v) is 7.25. The average molecular weight is 313 g/mol. The molecule has 0 aliphatic rings. The molecule has 1 amide bonds. The number of nitrogens with one attached hydrogen (secondary N) is 1. The molecule has 5 nitrogen and oxygen atoms in total. The van der Waals surface area contributed by atoms with Gasteiger partial charge in [-0.1, -0.05) is 30.3 Å². The third-order valence-corrected chi connectivity index (χ3v) is 3.32. The van der Waals surface area contributed by atoms with Crippen molar-refractivity contribution in [3.8, 4) is 11.5 Å². The number of para-hydroxylation sites is 1. The molecule has 1 N–H and O–H groups in total. The second kappa shape index (κ2) is 7.98. The van der Waals surface area contributed by atoms with Crippen LogP contribution in [0, 0.1) is 0 Å². The van der Waals surface area contributed by atoms with E-state index in [0.717, 1.165) is 17.6 Å². The molecule has 23 heavy (non-hydrogen) atoms. The van der Waals surface area contributed by atoms with Gasteiger partial charge in [0, 0.05) is 17.7 Å². The summed E-state index contributed by atoms with van der Waals surface area (Å²) in [5, 5.41) is 2.81. The zero-order valence-corrected chi connectivity index (χ0v) is 13.1. The molecule has 0 saturated heterocycles. The molecular weight excluding hydrogens is 294 g/mol. The van der Waals surface area contributed by atoms with Crippen LogP contribution < -0.4 is 14.8 Å². The number of amides is 1. The SMILES string of the molecule is COc1ccccc1CNC(=O)C(C)Oc1cccc(C=O)c1. The molecule has 2 aromatic rings. The van der Waals surface area contributed by atoms with Crippen LogP contribution in [0.3, 0.4) is 0 Å². The summed E-state index contributed by atoms with van der Waals surface area (Å²) in [5.41, 5.74) is 1.39. The summed E-state index contributed by atoms with van der Waals surface area (Å²) in [7, 11) is 1.59. The molecule has 5 heteroatoms. The Morgan fingerprint density at radius 2 is 2.00 bits per heavy atom. The molecular formula is C18H19NO4. The maximum atomic E-state index is 12.1. The van der Waals surface area contributed by atoms with E-state index in [9.17, 15) is 9.59 Å². The quantitative estimate of drug-likeness (QED) is 0.798. The molecule has 2 aromatic carbocycles. The zero-order chi connectivity index (χ0) is 16.7. The fourth-order valence-electron chi connectivity index (χ4n) is 2.09. The van der Waals surface area contributed by atoms with Gasteiger partial charge in [-0.3, -0.25) is 9.59 Å². The third kappa shape index (κ3) is 4.57. The average Bonchev–Trinajstić information content (AvgIpc) is 2.59. The largest absolute Gasteiger partial charge is 0.496 e. The molecule has 0 radical (unpaired) electrons. The van der Waals surface area contributed by atoms with E-state index in [0.29, 0.717) is 17.9 Å². The highest BCUT2D eigenvalue weighted by atomic mass is 16.5. The van der Waals surface area contributed by atoms with Gasteiger partial charge in [0.25, 0.3) is 5.91 Å². The second-order valence-electron chi connectivity index (χ2n) is 4.98. The van der Waals surface area contributed by atoms with Crippen LogP contribution in [0.15, 0.2) is 48.5 Å². The van der Waals surface area contributed by atoms with Crippen molar-refractivity contribution in [2.24, 2.45) is 0 Å². The van der Waals surface area contributed by atoms with Gasteiger partial charge in [-0.05, 0) is 25.1 Å². The van der Waals surface area contributed by atoms with Crippen molar-refractivity contribution >= 4 is 12.2 Å². The Balaban J connectivity index is 1.93. The van der Waals surface area contributed by atoms with Gasteiger partial charge in [-0.2, -0.15) is 0 Å². The third-order valence-electron chi connectivity index (χ3n) is 3.32. The smallest absolute Gasteiger partial charge is 0.261 e.